The van der Waals surface area contributed by atoms with E-state index in [2.05, 4.69) is 15.9 Å². The van der Waals surface area contributed by atoms with Gasteiger partial charge in [0, 0.05) is 17.6 Å². The van der Waals surface area contributed by atoms with Gasteiger partial charge in [-0.15, -0.1) is 0 Å². The van der Waals surface area contributed by atoms with E-state index in [-0.39, 0.29) is 5.92 Å². The molecule has 0 bridgehead atoms. The Kier molecular flexibility index (Phi) is 4.35. The third-order valence-corrected chi connectivity index (χ3v) is 5.78. The second kappa shape index (κ2) is 5.52. The van der Waals surface area contributed by atoms with Crippen molar-refractivity contribution in [2.24, 2.45) is 5.92 Å². The number of rotatable bonds is 2. The fraction of sp³-hybridized carbons (Fsp3) is 0.538. The first-order valence-corrected chi connectivity index (χ1v) is 8.49. The van der Waals surface area contributed by atoms with Crippen molar-refractivity contribution in [3.05, 3.63) is 28.2 Å². The number of aliphatic hydroxyl groups excluding tert-OH is 1. The molecule has 0 radical (unpaired) electrons. The van der Waals surface area contributed by atoms with Crippen LogP contribution in [0.1, 0.15) is 18.9 Å². The van der Waals surface area contributed by atoms with E-state index in [1.54, 1.807) is 12.1 Å². The molecule has 4 nitrogen and oxygen atoms in total. The number of sulfonamides is 1. The van der Waals surface area contributed by atoms with E-state index in [1.165, 1.54) is 4.31 Å². The first-order chi connectivity index (χ1) is 8.80. The molecule has 1 fully saturated rings. The minimum atomic E-state index is -3.47. The zero-order valence-electron chi connectivity index (χ0n) is 11.0. The third-order valence-electron chi connectivity index (χ3n) is 3.48. The van der Waals surface area contributed by atoms with Crippen LogP contribution in [0.15, 0.2) is 27.6 Å². The van der Waals surface area contributed by atoms with E-state index in [1.807, 2.05) is 19.9 Å². The summed E-state index contributed by atoms with van der Waals surface area (Å²) in [5.41, 5.74) is 0.901. The highest BCUT2D eigenvalue weighted by Crippen LogP contribution is 2.26. The van der Waals surface area contributed by atoms with Crippen molar-refractivity contribution in [1.82, 2.24) is 4.31 Å². The summed E-state index contributed by atoms with van der Waals surface area (Å²) in [4.78, 5) is 0.308. The molecule has 1 heterocycles. The molecule has 0 spiro atoms. The highest BCUT2D eigenvalue weighted by atomic mass is 79.9. The van der Waals surface area contributed by atoms with Crippen LogP contribution in [0.25, 0.3) is 0 Å². The average Bonchev–Trinajstić information content (AvgIpc) is 2.31. The van der Waals surface area contributed by atoms with Gasteiger partial charge in [0.2, 0.25) is 10.0 Å². The molecule has 6 heteroatoms. The Morgan fingerprint density at radius 2 is 2.05 bits per heavy atom. The molecule has 2 rings (SSSR count). The highest BCUT2D eigenvalue weighted by molar-refractivity contribution is 9.10. The van der Waals surface area contributed by atoms with Gasteiger partial charge in [-0.3, -0.25) is 0 Å². The van der Waals surface area contributed by atoms with Crippen molar-refractivity contribution in [2.75, 3.05) is 13.1 Å². The molecular formula is C13H18BrNO3S. The van der Waals surface area contributed by atoms with Crippen LogP contribution in [0.5, 0.6) is 0 Å². The third kappa shape index (κ3) is 3.18. The lowest BCUT2D eigenvalue weighted by Crippen LogP contribution is -2.44. The number of hydrogen-bond acceptors (Lipinski definition) is 3. The van der Waals surface area contributed by atoms with Gasteiger partial charge in [0.25, 0.3) is 0 Å². The monoisotopic (exact) mass is 347 g/mol. The van der Waals surface area contributed by atoms with Gasteiger partial charge >= 0.3 is 0 Å². The van der Waals surface area contributed by atoms with Gasteiger partial charge in [-0.25, -0.2) is 8.42 Å². The second-order valence-corrected chi connectivity index (χ2v) is 8.01. The van der Waals surface area contributed by atoms with Crippen LogP contribution in [0.4, 0.5) is 0 Å². The molecule has 2 atom stereocenters. The van der Waals surface area contributed by atoms with Crippen molar-refractivity contribution in [2.45, 2.75) is 31.3 Å². The molecule has 1 aromatic rings. The largest absolute Gasteiger partial charge is 0.393 e. The Hall–Kier alpha value is -0.430. The van der Waals surface area contributed by atoms with E-state index in [4.69, 9.17) is 0 Å². The Bertz CT molecular complexity index is 553. The predicted molar refractivity (Wildman–Crippen MR) is 77.4 cm³/mol. The van der Waals surface area contributed by atoms with Crippen LogP contribution in [-0.4, -0.2) is 37.0 Å². The number of halogens is 1. The minimum Gasteiger partial charge on any atom is -0.393 e. The van der Waals surface area contributed by atoms with Crippen molar-refractivity contribution >= 4 is 26.0 Å². The molecule has 0 aliphatic carbocycles. The normalized spacial score (nSPS) is 25.5. The lowest BCUT2D eigenvalue weighted by molar-refractivity contribution is 0.0628. The van der Waals surface area contributed by atoms with Crippen molar-refractivity contribution < 1.29 is 13.5 Å². The van der Waals surface area contributed by atoms with Gasteiger partial charge in [-0.1, -0.05) is 22.9 Å². The summed E-state index contributed by atoms with van der Waals surface area (Å²) in [6, 6.07) is 5.18. The zero-order valence-corrected chi connectivity index (χ0v) is 13.4. The lowest BCUT2D eigenvalue weighted by Gasteiger charge is -2.33. The fourth-order valence-electron chi connectivity index (χ4n) is 2.31. The van der Waals surface area contributed by atoms with Crippen LogP contribution in [0.3, 0.4) is 0 Å². The van der Waals surface area contributed by atoms with E-state index in [0.717, 1.165) is 10.0 Å². The Labute approximate surface area is 122 Å². The standard InChI is InChI=1S/C13H18BrNO3S/c1-9-5-11(14)7-12(6-9)19(17,18)15-4-3-13(16)10(2)8-15/h5-7,10,13,16H,3-4,8H2,1-2H3. The Morgan fingerprint density at radius 1 is 1.37 bits per heavy atom. The average molecular weight is 348 g/mol. The molecular weight excluding hydrogens is 330 g/mol. The van der Waals surface area contributed by atoms with Gasteiger partial charge in [-0.05, 0) is 43.0 Å². The van der Waals surface area contributed by atoms with E-state index in [0.29, 0.717) is 24.4 Å². The Morgan fingerprint density at radius 3 is 2.63 bits per heavy atom. The number of aryl methyl sites for hydroxylation is 1. The summed E-state index contributed by atoms with van der Waals surface area (Å²) in [6.45, 7) is 4.49. The maximum atomic E-state index is 12.6. The number of nitrogens with zero attached hydrogens (tertiary/aromatic N) is 1. The van der Waals surface area contributed by atoms with Gasteiger partial charge in [0.05, 0.1) is 11.0 Å². The number of hydrogen-bond donors (Lipinski definition) is 1. The smallest absolute Gasteiger partial charge is 0.243 e. The number of piperidine rings is 1. The molecule has 1 aliphatic rings. The SMILES string of the molecule is Cc1cc(Br)cc(S(=O)(=O)N2CCC(O)C(C)C2)c1. The first kappa shape index (κ1) is 15.0. The molecule has 0 aromatic heterocycles. The number of benzene rings is 1. The molecule has 0 saturated carbocycles. The molecule has 2 unspecified atom stereocenters. The van der Waals surface area contributed by atoms with Crippen LogP contribution in [0.2, 0.25) is 0 Å². The highest BCUT2D eigenvalue weighted by Gasteiger charge is 2.32. The van der Waals surface area contributed by atoms with E-state index in [9.17, 15) is 13.5 Å². The van der Waals surface area contributed by atoms with E-state index < -0.39 is 16.1 Å². The molecule has 0 amide bonds. The van der Waals surface area contributed by atoms with Gasteiger partial charge in [0.1, 0.15) is 0 Å². The molecule has 1 aromatic carbocycles. The quantitative estimate of drug-likeness (QED) is 0.891. The Balaban J connectivity index is 2.32. The molecule has 1 aliphatic heterocycles. The zero-order chi connectivity index (χ0) is 14.2. The van der Waals surface area contributed by atoms with Gasteiger partial charge in [-0.2, -0.15) is 4.31 Å². The van der Waals surface area contributed by atoms with Crippen LogP contribution in [-0.2, 0) is 10.0 Å². The van der Waals surface area contributed by atoms with Crippen molar-refractivity contribution in [1.29, 1.82) is 0 Å². The topological polar surface area (TPSA) is 57.6 Å². The van der Waals surface area contributed by atoms with E-state index >= 15 is 0 Å². The second-order valence-electron chi connectivity index (χ2n) is 5.16. The molecule has 19 heavy (non-hydrogen) atoms. The summed E-state index contributed by atoms with van der Waals surface area (Å²) >= 11 is 3.33. The summed E-state index contributed by atoms with van der Waals surface area (Å²) in [7, 11) is -3.47. The maximum absolute atomic E-state index is 12.6. The van der Waals surface area contributed by atoms with Crippen molar-refractivity contribution in [3.63, 3.8) is 0 Å². The molecule has 1 N–H and O–H groups in total. The van der Waals surface area contributed by atoms with Gasteiger partial charge < -0.3 is 5.11 Å². The van der Waals surface area contributed by atoms with Crippen LogP contribution in [0, 0.1) is 12.8 Å². The van der Waals surface area contributed by atoms with Gasteiger partial charge in [0.15, 0.2) is 0 Å². The minimum absolute atomic E-state index is 0.0308. The maximum Gasteiger partial charge on any atom is 0.243 e. The van der Waals surface area contributed by atoms with Crippen LogP contribution >= 0.6 is 15.9 Å². The lowest BCUT2D eigenvalue weighted by atomic mass is 9.99. The first-order valence-electron chi connectivity index (χ1n) is 6.26. The summed E-state index contributed by atoms with van der Waals surface area (Å²) in [5, 5.41) is 9.69. The van der Waals surface area contributed by atoms with Crippen LogP contribution < -0.4 is 0 Å². The number of aliphatic hydroxyl groups is 1. The molecule has 1 saturated heterocycles. The summed E-state index contributed by atoms with van der Waals surface area (Å²) < 4.78 is 27.4. The summed E-state index contributed by atoms with van der Waals surface area (Å²) in [5.74, 6) is -0.0308. The predicted octanol–water partition coefficient (Wildman–Crippen LogP) is 2.15. The summed E-state index contributed by atoms with van der Waals surface area (Å²) in [6.07, 6.45) is 0.0867. The van der Waals surface area contributed by atoms with Crippen molar-refractivity contribution in [3.8, 4) is 0 Å². The molecule has 106 valence electrons. The fourth-order valence-corrected chi connectivity index (χ4v) is 4.76.